The van der Waals surface area contributed by atoms with E-state index in [1.54, 1.807) is 0 Å². The first-order chi connectivity index (χ1) is 30.4. The fraction of sp³-hybridized carbons (Fsp3) is 0.878. The van der Waals surface area contributed by atoms with Crippen LogP contribution in [0.1, 0.15) is 219 Å². The van der Waals surface area contributed by atoms with E-state index in [1.165, 1.54) is 135 Å². The summed E-state index contributed by atoms with van der Waals surface area (Å²) in [5.41, 5.74) is 0. The lowest BCUT2D eigenvalue weighted by Crippen LogP contribution is -2.64. The first-order valence-electron chi connectivity index (χ1n) is 25.1. The standard InChI is InChI=1S/C49H91O13P/c1-3-5-7-9-11-13-15-17-19-21-23-25-27-29-31-33-35-37-42(50)59-39-41(40-60-63(57,58)62-49-47(55)45(53)44(52)46(54)48(49)56)61-43(51)38-36-34-32-30-28-26-24-22-20-18-16-14-12-10-8-6-4-2/h23,25,29,31,41,44-49,52-56H,3-22,24,26-28,30,32-40H2,1-2H3,(H,57,58)/b25-23+,31-29+/t41-,44?,45-,46?,47?,48?,49?/m0/s1. The molecule has 0 aromatic heterocycles. The van der Waals surface area contributed by atoms with Gasteiger partial charge in [-0.1, -0.05) is 192 Å². The number of aliphatic hydroxyl groups is 5. The third kappa shape index (κ3) is 31.8. The van der Waals surface area contributed by atoms with Crippen molar-refractivity contribution in [2.75, 3.05) is 13.2 Å². The SMILES string of the molecule is CCCCCCCCCCC/C=C/C/C=C/CCCC(=O)OC[C@@H](COP(=O)(O)OC1C(O)C(O)C(O)[C@H](O)C1O)OC(=O)CCCCCCCCCCCCCCCCCCC. The van der Waals surface area contributed by atoms with E-state index in [4.69, 9.17) is 18.5 Å². The average molecular weight is 919 g/mol. The molecule has 1 saturated carbocycles. The minimum absolute atomic E-state index is 0.0929. The molecule has 6 N–H and O–H groups in total. The molecule has 1 rings (SSSR count). The summed E-state index contributed by atoms with van der Waals surface area (Å²) in [4.78, 5) is 35.8. The molecule has 0 aliphatic heterocycles. The molecule has 8 atom stereocenters. The highest BCUT2D eigenvalue weighted by Gasteiger charge is 2.51. The van der Waals surface area contributed by atoms with Crippen molar-refractivity contribution in [3.8, 4) is 0 Å². The molecule has 370 valence electrons. The van der Waals surface area contributed by atoms with Gasteiger partial charge in [-0.25, -0.2) is 4.57 Å². The summed E-state index contributed by atoms with van der Waals surface area (Å²) in [5.74, 6) is -1.14. The van der Waals surface area contributed by atoms with Gasteiger partial charge in [0.05, 0.1) is 6.61 Å². The number of ether oxygens (including phenoxy) is 2. The van der Waals surface area contributed by atoms with Gasteiger partial charge in [-0.3, -0.25) is 18.6 Å². The summed E-state index contributed by atoms with van der Waals surface area (Å²) < 4.78 is 33.6. The van der Waals surface area contributed by atoms with E-state index in [0.29, 0.717) is 19.3 Å². The lowest BCUT2D eigenvalue weighted by molar-refractivity contribution is -0.220. The minimum atomic E-state index is -5.13. The van der Waals surface area contributed by atoms with Crippen molar-refractivity contribution in [2.24, 2.45) is 0 Å². The smallest absolute Gasteiger partial charge is 0.462 e. The molecule has 1 aliphatic rings. The Morgan fingerprint density at radius 3 is 1.33 bits per heavy atom. The molecule has 0 saturated heterocycles. The fourth-order valence-corrected chi connectivity index (χ4v) is 8.71. The molecule has 0 aromatic rings. The molecule has 14 heteroatoms. The van der Waals surface area contributed by atoms with Crippen LogP contribution < -0.4 is 0 Å². The van der Waals surface area contributed by atoms with Crippen LogP contribution in [-0.4, -0.2) is 98.3 Å². The second-order valence-electron chi connectivity index (χ2n) is 17.7. The number of carbonyl (C=O) groups is 2. The number of rotatable bonds is 42. The van der Waals surface area contributed by atoms with E-state index in [9.17, 15) is 44.6 Å². The second-order valence-corrected chi connectivity index (χ2v) is 19.1. The van der Waals surface area contributed by atoms with E-state index in [0.717, 1.165) is 38.5 Å². The molecular formula is C49H91O13P. The van der Waals surface area contributed by atoms with Crippen molar-refractivity contribution in [1.82, 2.24) is 0 Å². The topological polar surface area (TPSA) is 210 Å². The van der Waals surface area contributed by atoms with Crippen molar-refractivity contribution < 1.29 is 63.1 Å². The monoisotopic (exact) mass is 919 g/mol. The highest BCUT2D eigenvalue weighted by atomic mass is 31.2. The Hall–Kier alpha value is -1.67. The van der Waals surface area contributed by atoms with Gasteiger partial charge in [-0.2, -0.15) is 0 Å². The zero-order valence-electron chi connectivity index (χ0n) is 39.4. The average Bonchev–Trinajstić information content (AvgIpc) is 3.26. The Balaban J connectivity index is 2.44. The van der Waals surface area contributed by atoms with Crippen LogP contribution in [0, 0.1) is 0 Å². The zero-order chi connectivity index (χ0) is 46.4. The summed E-state index contributed by atoms with van der Waals surface area (Å²) in [6, 6.07) is 0. The van der Waals surface area contributed by atoms with Crippen molar-refractivity contribution in [1.29, 1.82) is 0 Å². The maximum atomic E-state index is 12.8. The zero-order valence-corrected chi connectivity index (χ0v) is 40.3. The number of aliphatic hydroxyl groups excluding tert-OH is 5. The van der Waals surface area contributed by atoms with Crippen LogP contribution in [0.3, 0.4) is 0 Å². The second kappa shape index (κ2) is 39.5. The van der Waals surface area contributed by atoms with Crippen LogP contribution >= 0.6 is 7.82 Å². The fourth-order valence-electron chi connectivity index (χ4n) is 7.74. The highest BCUT2D eigenvalue weighted by Crippen LogP contribution is 2.47. The molecule has 1 fully saturated rings. The number of hydrogen-bond donors (Lipinski definition) is 6. The quantitative estimate of drug-likeness (QED) is 0.0146. The van der Waals surface area contributed by atoms with Crippen LogP contribution in [0.2, 0.25) is 0 Å². The highest BCUT2D eigenvalue weighted by molar-refractivity contribution is 7.47. The van der Waals surface area contributed by atoms with E-state index in [-0.39, 0.29) is 12.8 Å². The minimum Gasteiger partial charge on any atom is -0.462 e. The number of hydrogen-bond acceptors (Lipinski definition) is 12. The van der Waals surface area contributed by atoms with Crippen molar-refractivity contribution >= 4 is 19.8 Å². The van der Waals surface area contributed by atoms with Crippen molar-refractivity contribution in [3.05, 3.63) is 24.3 Å². The normalized spacial score (nSPS) is 21.8. The molecule has 0 aromatic carbocycles. The summed E-state index contributed by atoms with van der Waals surface area (Å²) in [6.07, 6.45) is 30.9. The van der Waals surface area contributed by atoms with Gasteiger partial charge in [-0.05, 0) is 38.5 Å². The summed E-state index contributed by atoms with van der Waals surface area (Å²) in [6.45, 7) is 3.29. The van der Waals surface area contributed by atoms with Gasteiger partial charge in [0.15, 0.2) is 6.10 Å². The molecule has 0 radical (unpaired) electrons. The van der Waals surface area contributed by atoms with E-state index in [1.807, 2.05) is 6.08 Å². The van der Waals surface area contributed by atoms with Gasteiger partial charge in [0.1, 0.15) is 43.2 Å². The Morgan fingerprint density at radius 1 is 0.492 bits per heavy atom. The third-order valence-electron chi connectivity index (χ3n) is 11.8. The van der Waals surface area contributed by atoms with Gasteiger partial charge >= 0.3 is 19.8 Å². The van der Waals surface area contributed by atoms with E-state index >= 15 is 0 Å². The number of esters is 2. The lowest BCUT2D eigenvalue weighted by atomic mass is 9.85. The Kier molecular flexibility index (Phi) is 37.2. The first kappa shape index (κ1) is 59.3. The van der Waals surface area contributed by atoms with Crippen LogP contribution in [0.5, 0.6) is 0 Å². The summed E-state index contributed by atoms with van der Waals surface area (Å²) in [5, 5.41) is 50.2. The molecule has 63 heavy (non-hydrogen) atoms. The molecule has 0 amide bonds. The molecular weight excluding hydrogens is 827 g/mol. The summed E-state index contributed by atoms with van der Waals surface area (Å²) in [7, 11) is -5.13. The maximum Gasteiger partial charge on any atom is 0.472 e. The number of phosphoric ester groups is 1. The molecule has 13 nitrogen and oxygen atoms in total. The van der Waals surface area contributed by atoms with Gasteiger partial charge in [0.25, 0.3) is 0 Å². The largest absolute Gasteiger partial charge is 0.472 e. The van der Waals surface area contributed by atoms with Gasteiger partial charge in [0, 0.05) is 12.8 Å². The number of unbranched alkanes of at least 4 members (excludes halogenated alkanes) is 26. The van der Waals surface area contributed by atoms with Gasteiger partial charge in [0.2, 0.25) is 0 Å². The Morgan fingerprint density at radius 2 is 0.873 bits per heavy atom. The number of carbonyl (C=O) groups excluding carboxylic acids is 2. The van der Waals surface area contributed by atoms with E-state index < -0.39 is 75.7 Å². The lowest BCUT2D eigenvalue weighted by Gasteiger charge is -2.41. The van der Waals surface area contributed by atoms with Crippen LogP contribution in [0.4, 0.5) is 0 Å². The Labute approximate surface area is 381 Å². The van der Waals surface area contributed by atoms with Crippen LogP contribution in [-0.2, 0) is 32.7 Å². The molecule has 6 unspecified atom stereocenters. The Bertz CT molecular complexity index is 1200. The predicted molar refractivity (Wildman–Crippen MR) is 249 cm³/mol. The number of phosphoric acid groups is 1. The van der Waals surface area contributed by atoms with Gasteiger partial charge < -0.3 is 39.9 Å². The molecule has 1 aliphatic carbocycles. The molecule has 0 heterocycles. The van der Waals surface area contributed by atoms with Crippen LogP contribution in [0.15, 0.2) is 24.3 Å². The summed E-state index contributed by atoms with van der Waals surface area (Å²) >= 11 is 0. The number of allylic oxidation sites excluding steroid dienone is 4. The van der Waals surface area contributed by atoms with Crippen molar-refractivity contribution in [2.45, 2.75) is 262 Å². The molecule has 0 spiro atoms. The first-order valence-corrected chi connectivity index (χ1v) is 26.6. The van der Waals surface area contributed by atoms with Gasteiger partial charge in [-0.15, -0.1) is 0 Å². The van der Waals surface area contributed by atoms with Crippen molar-refractivity contribution in [3.63, 3.8) is 0 Å². The predicted octanol–water partition coefficient (Wildman–Crippen LogP) is 10.4. The van der Waals surface area contributed by atoms with Crippen LogP contribution in [0.25, 0.3) is 0 Å². The third-order valence-corrected chi connectivity index (χ3v) is 12.8. The molecule has 0 bridgehead atoms. The maximum absolute atomic E-state index is 12.8. The van der Waals surface area contributed by atoms with E-state index in [2.05, 4.69) is 32.1 Å².